The Bertz CT molecular complexity index is 985. The highest BCUT2D eigenvalue weighted by atomic mass is 19.1. The van der Waals surface area contributed by atoms with Crippen molar-refractivity contribution in [2.75, 3.05) is 18.0 Å². The maximum absolute atomic E-state index is 14.1. The van der Waals surface area contributed by atoms with E-state index in [0.29, 0.717) is 43.0 Å². The van der Waals surface area contributed by atoms with Gasteiger partial charge in [0.15, 0.2) is 0 Å². The first kappa shape index (κ1) is 23.4. The van der Waals surface area contributed by atoms with E-state index in [1.165, 1.54) is 23.2 Å². The molecule has 2 heterocycles. The highest BCUT2D eigenvalue weighted by molar-refractivity contribution is 5.88. The maximum Gasteiger partial charge on any atom is 0.416 e. The van der Waals surface area contributed by atoms with E-state index < -0.39 is 17.7 Å². The monoisotopic (exact) mass is 441 g/mol. The molecule has 0 bridgehead atoms. The third-order valence-corrected chi connectivity index (χ3v) is 4.99. The van der Waals surface area contributed by atoms with E-state index in [9.17, 15) is 14.0 Å². The molecule has 1 aliphatic rings. The molecule has 0 radical (unpaired) electrons. The zero-order valence-corrected chi connectivity index (χ0v) is 18.5. The fraction of sp³-hybridized carbons (Fsp3) is 0.375. The number of pyridine rings is 1. The number of aromatic nitrogens is 1. The van der Waals surface area contributed by atoms with Crippen molar-refractivity contribution in [2.24, 2.45) is 0 Å². The van der Waals surface area contributed by atoms with Gasteiger partial charge in [0.05, 0.1) is 6.04 Å². The molecule has 1 N–H and O–H groups in total. The fourth-order valence-corrected chi connectivity index (χ4v) is 3.58. The van der Waals surface area contributed by atoms with Gasteiger partial charge in [0.25, 0.3) is 0 Å². The second-order valence-electron chi connectivity index (χ2n) is 8.74. The lowest BCUT2D eigenvalue weighted by atomic mass is 10.2. The first-order valence-corrected chi connectivity index (χ1v) is 10.5. The summed E-state index contributed by atoms with van der Waals surface area (Å²) in [6, 6.07) is 9.86. The van der Waals surface area contributed by atoms with E-state index in [0.717, 1.165) is 6.08 Å². The number of likely N-dealkylation sites (tertiary alicyclic amines) is 1. The number of carbonyl (C=O) groups is 2. The number of carboxylic acid groups (broad SMARTS) is 1. The van der Waals surface area contributed by atoms with Crippen LogP contribution in [0, 0.1) is 5.82 Å². The molecule has 3 rings (SSSR count). The zero-order chi connectivity index (χ0) is 23.3. The number of rotatable bonds is 6. The van der Waals surface area contributed by atoms with Crippen molar-refractivity contribution in [1.29, 1.82) is 0 Å². The highest BCUT2D eigenvalue weighted by Gasteiger charge is 2.35. The number of ether oxygens (including phenoxy) is 1. The van der Waals surface area contributed by atoms with Gasteiger partial charge in [-0.3, -0.25) is 9.80 Å². The number of nitrogens with zero attached hydrogens (tertiary/aromatic N) is 3. The molecular formula is C24H28FN3O4. The van der Waals surface area contributed by atoms with E-state index in [2.05, 4.69) is 9.88 Å². The van der Waals surface area contributed by atoms with Gasteiger partial charge >= 0.3 is 12.1 Å². The van der Waals surface area contributed by atoms with Crippen molar-refractivity contribution in [2.45, 2.75) is 45.4 Å². The van der Waals surface area contributed by atoms with Crippen molar-refractivity contribution in [3.8, 4) is 0 Å². The molecule has 1 aromatic carbocycles. The standard InChI is InChI=1S/C24H28FN3O4/c1-24(2,3)32-23(31)28(21-10-8-17(14-26-21)9-11-22(29)30)19-12-13-27(16-19)15-18-6-4-5-7-20(18)25/h4-11,14,19H,12-13,15-16H2,1-3H3,(H,29,30)/t19-/m1/s1. The van der Waals surface area contributed by atoms with E-state index in [-0.39, 0.29) is 11.9 Å². The number of anilines is 1. The molecule has 1 aliphatic heterocycles. The molecule has 0 saturated carbocycles. The largest absolute Gasteiger partial charge is 0.478 e. The van der Waals surface area contributed by atoms with Gasteiger partial charge in [-0.05, 0) is 57.0 Å². The number of halogens is 1. The van der Waals surface area contributed by atoms with E-state index in [1.54, 1.807) is 45.0 Å². The Balaban J connectivity index is 1.80. The van der Waals surface area contributed by atoms with Gasteiger partial charge in [-0.25, -0.2) is 19.0 Å². The highest BCUT2D eigenvalue weighted by Crippen LogP contribution is 2.26. The number of carbonyl (C=O) groups excluding carboxylic acids is 1. The van der Waals surface area contributed by atoms with Crippen molar-refractivity contribution >= 4 is 24.0 Å². The first-order valence-electron chi connectivity index (χ1n) is 10.5. The Morgan fingerprint density at radius 3 is 2.66 bits per heavy atom. The summed E-state index contributed by atoms with van der Waals surface area (Å²) in [6.45, 7) is 7.12. The van der Waals surface area contributed by atoms with Gasteiger partial charge < -0.3 is 9.84 Å². The molecule has 1 atom stereocenters. The third kappa shape index (κ3) is 6.37. The molecule has 7 nitrogen and oxygen atoms in total. The molecule has 170 valence electrons. The number of amides is 1. The Hall–Kier alpha value is -3.26. The number of carboxylic acids is 1. The topological polar surface area (TPSA) is 83.0 Å². The van der Waals surface area contributed by atoms with Crippen LogP contribution in [0.1, 0.15) is 38.3 Å². The Labute approximate surface area is 187 Å². The van der Waals surface area contributed by atoms with Crippen LogP contribution in [0.5, 0.6) is 0 Å². The summed E-state index contributed by atoms with van der Waals surface area (Å²) in [5.74, 6) is -0.874. The van der Waals surface area contributed by atoms with E-state index in [4.69, 9.17) is 9.84 Å². The summed E-state index contributed by atoms with van der Waals surface area (Å²) in [4.78, 5) is 31.8. The molecule has 0 unspecified atom stereocenters. The lowest BCUT2D eigenvalue weighted by Crippen LogP contribution is -2.45. The summed E-state index contributed by atoms with van der Waals surface area (Å²) in [7, 11) is 0. The number of hydrogen-bond donors (Lipinski definition) is 1. The molecule has 1 fully saturated rings. The summed E-state index contributed by atoms with van der Waals surface area (Å²) in [5.41, 5.74) is 0.544. The Morgan fingerprint density at radius 2 is 2.03 bits per heavy atom. The minimum atomic E-state index is -1.05. The summed E-state index contributed by atoms with van der Waals surface area (Å²) in [5, 5.41) is 8.79. The molecule has 0 aliphatic carbocycles. The predicted octanol–water partition coefficient (Wildman–Crippen LogP) is 4.33. The van der Waals surface area contributed by atoms with Crippen LogP contribution in [0.25, 0.3) is 6.08 Å². The van der Waals surface area contributed by atoms with Gasteiger partial charge in [0.2, 0.25) is 0 Å². The molecule has 1 amide bonds. The van der Waals surface area contributed by atoms with E-state index >= 15 is 0 Å². The smallest absolute Gasteiger partial charge is 0.416 e. The summed E-state index contributed by atoms with van der Waals surface area (Å²) in [6.07, 6.45) is 4.16. The number of benzene rings is 1. The van der Waals surface area contributed by atoms with Crippen LogP contribution in [0.3, 0.4) is 0 Å². The van der Waals surface area contributed by atoms with Crippen LogP contribution in [-0.2, 0) is 16.1 Å². The molecule has 8 heteroatoms. The van der Waals surface area contributed by atoms with Gasteiger partial charge in [0.1, 0.15) is 17.2 Å². The predicted molar refractivity (Wildman–Crippen MR) is 120 cm³/mol. The Morgan fingerprint density at radius 1 is 1.28 bits per heavy atom. The maximum atomic E-state index is 14.1. The van der Waals surface area contributed by atoms with Crippen LogP contribution < -0.4 is 4.90 Å². The van der Waals surface area contributed by atoms with Crippen LogP contribution in [0.2, 0.25) is 0 Å². The second-order valence-corrected chi connectivity index (χ2v) is 8.74. The van der Waals surface area contributed by atoms with Crippen molar-refractivity contribution in [3.63, 3.8) is 0 Å². The Kier molecular flexibility index (Phi) is 7.25. The molecule has 2 aromatic rings. The van der Waals surface area contributed by atoms with Crippen molar-refractivity contribution in [3.05, 3.63) is 65.6 Å². The van der Waals surface area contributed by atoms with Crippen LogP contribution in [0.4, 0.5) is 15.0 Å². The normalized spacial score (nSPS) is 16.9. The van der Waals surface area contributed by atoms with Gasteiger partial charge in [-0.2, -0.15) is 0 Å². The van der Waals surface area contributed by atoms with Gasteiger partial charge in [-0.1, -0.05) is 18.2 Å². The average Bonchev–Trinajstić information content (AvgIpc) is 3.16. The minimum absolute atomic E-state index is 0.190. The van der Waals surface area contributed by atoms with Crippen LogP contribution in [0.15, 0.2) is 48.7 Å². The van der Waals surface area contributed by atoms with E-state index in [1.807, 2.05) is 6.07 Å². The average molecular weight is 442 g/mol. The third-order valence-electron chi connectivity index (χ3n) is 4.99. The SMILES string of the molecule is CC(C)(C)OC(=O)N(c1ccc(C=CC(=O)O)cn1)[C@@H]1CCN(Cc2ccccc2F)C1. The zero-order valence-electron chi connectivity index (χ0n) is 18.5. The van der Waals surface area contributed by atoms with Crippen LogP contribution >= 0.6 is 0 Å². The lowest BCUT2D eigenvalue weighted by molar-refractivity contribution is -0.131. The van der Waals surface area contributed by atoms with Crippen molar-refractivity contribution in [1.82, 2.24) is 9.88 Å². The van der Waals surface area contributed by atoms with Crippen LogP contribution in [-0.4, -0.2) is 51.8 Å². The fourth-order valence-electron chi connectivity index (χ4n) is 3.58. The van der Waals surface area contributed by atoms with Crippen molar-refractivity contribution < 1.29 is 23.8 Å². The summed E-state index contributed by atoms with van der Waals surface area (Å²) >= 11 is 0. The van der Waals surface area contributed by atoms with Gasteiger partial charge in [0, 0.05) is 37.5 Å². The second kappa shape index (κ2) is 9.91. The molecule has 1 aromatic heterocycles. The molecule has 32 heavy (non-hydrogen) atoms. The number of aliphatic carboxylic acids is 1. The first-order chi connectivity index (χ1) is 15.1. The lowest BCUT2D eigenvalue weighted by Gasteiger charge is -2.31. The minimum Gasteiger partial charge on any atom is -0.478 e. The quantitative estimate of drug-likeness (QED) is 0.672. The van der Waals surface area contributed by atoms with Gasteiger partial charge in [-0.15, -0.1) is 0 Å². The number of hydrogen-bond acceptors (Lipinski definition) is 5. The summed E-state index contributed by atoms with van der Waals surface area (Å²) < 4.78 is 19.7. The molecular weight excluding hydrogens is 413 g/mol. The molecule has 0 spiro atoms. The molecule has 1 saturated heterocycles.